The summed E-state index contributed by atoms with van der Waals surface area (Å²) in [6, 6.07) is 12.0. The van der Waals surface area contributed by atoms with Crippen LogP contribution in [0.5, 0.6) is 0 Å². The van der Waals surface area contributed by atoms with Crippen LogP contribution in [0.25, 0.3) is 0 Å². The minimum absolute atomic E-state index is 0.372. The smallest absolute Gasteiger partial charge is 0.416 e. The molecule has 2 aliphatic rings. The average Bonchev–Trinajstić information content (AvgIpc) is 2.85. The van der Waals surface area contributed by atoms with Crippen molar-refractivity contribution in [2.45, 2.75) is 74.4 Å². The summed E-state index contributed by atoms with van der Waals surface area (Å²) in [5.41, 5.74) is 0.546. The lowest BCUT2D eigenvalue weighted by Gasteiger charge is -2.35. The Hall–Kier alpha value is -2.39. The van der Waals surface area contributed by atoms with Gasteiger partial charge in [0.15, 0.2) is 0 Å². The van der Waals surface area contributed by atoms with Crippen LogP contribution in [0.1, 0.15) is 58.4 Å². The van der Waals surface area contributed by atoms with Gasteiger partial charge in [-0.25, -0.2) is 4.79 Å². The van der Waals surface area contributed by atoms with Gasteiger partial charge in [0.1, 0.15) is 5.60 Å². The number of likely N-dealkylation sites (tertiary alicyclic amines) is 1. The molecule has 1 N–H and O–H groups in total. The number of fused-ring (bicyclic) bond motifs is 2. The van der Waals surface area contributed by atoms with Crippen LogP contribution in [-0.4, -0.2) is 49.3 Å². The van der Waals surface area contributed by atoms with E-state index in [2.05, 4.69) is 15.1 Å². The first-order chi connectivity index (χ1) is 18.0. The van der Waals surface area contributed by atoms with Crippen LogP contribution in [-0.2, 0) is 10.9 Å². The highest BCUT2D eigenvalue weighted by Crippen LogP contribution is 2.49. The van der Waals surface area contributed by atoms with E-state index in [9.17, 15) is 18.0 Å². The molecular weight excluding hydrogens is 511 g/mol. The summed E-state index contributed by atoms with van der Waals surface area (Å²) in [5, 5.41) is 2.82. The van der Waals surface area contributed by atoms with E-state index < -0.39 is 17.3 Å². The lowest BCUT2D eigenvalue weighted by Crippen LogP contribution is -2.37. The summed E-state index contributed by atoms with van der Waals surface area (Å²) < 4.78 is 45.6. The molecule has 38 heavy (non-hydrogen) atoms. The molecule has 0 unspecified atom stereocenters. The lowest BCUT2D eigenvalue weighted by atomic mass is 9.92. The summed E-state index contributed by atoms with van der Waals surface area (Å²) >= 11 is 1.53. The molecule has 0 spiro atoms. The first-order valence-corrected chi connectivity index (χ1v) is 14.3. The molecule has 5 nitrogen and oxygen atoms in total. The molecule has 0 bridgehead atoms. The van der Waals surface area contributed by atoms with Gasteiger partial charge >= 0.3 is 12.3 Å². The molecule has 1 fully saturated rings. The molecule has 4 rings (SSSR count). The summed E-state index contributed by atoms with van der Waals surface area (Å²) in [7, 11) is 0. The monoisotopic (exact) mass is 549 g/mol. The number of hydrogen-bond donors (Lipinski definition) is 1. The fourth-order valence-corrected chi connectivity index (χ4v) is 6.17. The number of piperidine rings is 1. The average molecular weight is 550 g/mol. The van der Waals surface area contributed by atoms with Crippen LogP contribution >= 0.6 is 11.8 Å². The number of amides is 1. The SMILES string of the molecule is CC(C)(C)OC(=O)NCCCN1CCC(CCCN2c3ccccc3Sc3ccc(C(F)(F)F)cc32)CC1. The molecule has 1 amide bonds. The molecule has 2 aliphatic heterocycles. The topological polar surface area (TPSA) is 44.8 Å². The van der Waals surface area contributed by atoms with Gasteiger partial charge in [-0.2, -0.15) is 13.2 Å². The van der Waals surface area contributed by atoms with E-state index in [0.29, 0.717) is 24.7 Å². The van der Waals surface area contributed by atoms with Crippen molar-refractivity contribution in [3.05, 3.63) is 48.0 Å². The third kappa shape index (κ3) is 7.82. The van der Waals surface area contributed by atoms with Gasteiger partial charge in [-0.05, 0) is 109 Å². The predicted octanol–water partition coefficient (Wildman–Crippen LogP) is 7.72. The third-order valence-corrected chi connectivity index (χ3v) is 8.10. The number of alkyl halides is 3. The molecule has 2 aromatic rings. The number of benzene rings is 2. The second-order valence-electron chi connectivity index (χ2n) is 11.1. The maximum atomic E-state index is 13.4. The first-order valence-electron chi connectivity index (χ1n) is 13.4. The molecule has 2 aromatic carbocycles. The van der Waals surface area contributed by atoms with Crippen LogP contribution in [0.4, 0.5) is 29.3 Å². The van der Waals surface area contributed by atoms with Crippen molar-refractivity contribution in [1.82, 2.24) is 10.2 Å². The van der Waals surface area contributed by atoms with Gasteiger partial charge < -0.3 is 19.9 Å². The fourth-order valence-electron chi connectivity index (χ4n) is 5.09. The fraction of sp³-hybridized carbons (Fsp3) is 0.552. The third-order valence-electron chi connectivity index (χ3n) is 6.97. The predicted molar refractivity (Wildman–Crippen MR) is 146 cm³/mol. The lowest BCUT2D eigenvalue weighted by molar-refractivity contribution is -0.137. The number of rotatable bonds is 8. The van der Waals surface area contributed by atoms with E-state index >= 15 is 0 Å². The molecule has 0 atom stereocenters. The second-order valence-corrected chi connectivity index (χ2v) is 12.2. The Balaban J connectivity index is 1.24. The van der Waals surface area contributed by atoms with E-state index in [1.165, 1.54) is 23.9 Å². The number of carbonyl (C=O) groups excluding carboxylic acids is 1. The Morgan fingerprint density at radius 2 is 1.71 bits per heavy atom. The van der Waals surface area contributed by atoms with Crippen LogP contribution in [0.15, 0.2) is 52.3 Å². The van der Waals surface area contributed by atoms with Gasteiger partial charge in [-0.15, -0.1) is 0 Å². The molecule has 1 saturated heterocycles. The van der Waals surface area contributed by atoms with Gasteiger partial charge in [0.25, 0.3) is 0 Å². The van der Waals surface area contributed by atoms with Crippen molar-refractivity contribution in [2.75, 3.05) is 37.6 Å². The number of ether oxygens (including phenoxy) is 1. The number of hydrogen-bond acceptors (Lipinski definition) is 5. The van der Waals surface area contributed by atoms with Crippen molar-refractivity contribution in [3.8, 4) is 0 Å². The minimum Gasteiger partial charge on any atom is -0.444 e. The summed E-state index contributed by atoms with van der Waals surface area (Å²) in [4.78, 5) is 18.2. The van der Waals surface area contributed by atoms with Gasteiger partial charge in [0.05, 0.1) is 16.9 Å². The quantitative estimate of drug-likeness (QED) is 0.342. The second kappa shape index (κ2) is 12.2. The van der Waals surface area contributed by atoms with E-state index in [0.717, 1.165) is 67.2 Å². The Labute approximate surface area is 228 Å². The Bertz CT molecular complexity index is 1100. The van der Waals surface area contributed by atoms with Gasteiger partial charge in [-0.1, -0.05) is 23.9 Å². The van der Waals surface area contributed by atoms with E-state index in [-0.39, 0.29) is 6.09 Å². The molecule has 9 heteroatoms. The Kier molecular flexibility index (Phi) is 9.19. The van der Waals surface area contributed by atoms with Gasteiger partial charge in [-0.3, -0.25) is 0 Å². The number of carbonyl (C=O) groups is 1. The van der Waals surface area contributed by atoms with Crippen molar-refractivity contribution >= 4 is 29.2 Å². The zero-order valence-corrected chi connectivity index (χ0v) is 23.3. The van der Waals surface area contributed by atoms with Crippen LogP contribution in [0.2, 0.25) is 0 Å². The molecule has 2 heterocycles. The first kappa shape index (κ1) is 28.6. The van der Waals surface area contributed by atoms with Gasteiger partial charge in [0, 0.05) is 22.9 Å². The zero-order valence-electron chi connectivity index (χ0n) is 22.4. The Morgan fingerprint density at radius 3 is 2.42 bits per heavy atom. The number of anilines is 2. The van der Waals surface area contributed by atoms with Crippen molar-refractivity contribution in [2.24, 2.45) is 5.92 Å². The van der Waals surface area contributed by atoms with Crippen LogP contribution < -0.4 is 10.2 Å². The van der Waals surface area contributed by atoms with Crippen LogP contribution in [0, 0.1) is 5.92 Å². The van der Waals surface area contributed by atoms with Crippen molar-refractivity contribution in [1.29, 1.82) is 0 Å². The molecule has 0 saturated carbocycles. The molecule has 0 aromatic heterocycles. The molecule has 208 valence electrons. The highest BCUT2D eigenvalue weighted by molar-refractivity contribution is 7.99. The number of alkyl carbamates (subject to hydrolysis) is 1. The molecule has 0 aliphatic carbocycles. The highest BCUT2D eigenvalue weighted by Gasteiger charge is 2.33. The van der Waals surface area contributed by atoms with Crippen LogP contribution in [0.3, 0.4) is 0 Å². The van der Waals surface area contributed by atoms with Gasteiger partial charge in [0.2, 0.25) is 0 Å². The largest absolute Gasteiger partial charge is 0.444 e. The maximum Gasteiger partial charge on any atom is 0.416 e. The number of nitrogens with zero attached hydrogens (tertiary/aromatic N) is 2. The molecular formula is C29H38F3N3O2S. The van der Waals surface area contributed by atoms with E-state index in [1.54, 1.807) is 6.07 Å². The van der Waals surface area contributed by atoms with Crippen molar-refractivity contribution < 1.29 is 22.7 Å². The highest BCUT2D eigenvalue weighted by atomic mass is 32.2. The zero-order chi connectivity index (χ0) is 27.3. The maximum absolute atomic E-state index is 13.4. The van der Waals surface area contributed by atoms with Crippen molar-refractivity contribution in [3.63, 3.8) is 0 Å². The Morgan fingerprint density at radius 1 is 1.00 bits per heavy atom. The summed E-state index contributed by atoms with van der Waals surface area (Å²) in [6.45, 7) is 9.88. The van der Waals surface area contributed by atoms with E-state index in [4.69, 9.17) is 4.74 Å². The normalized spacial score (nSPS) is 16.6. The number of para-hydroxylation sites is 1. The number of halogens is 3. The summed E-state index contributed by atoms with van der Waals surface area (Å²) in [5.74, 6) is 0.626. The standard InChI is InChI=1S/C29H38F3N3O2S/c1-28(2,3)37-27(36)33-15-7-16-34-18-13-21(14-19-34)8-6-17-35-23-9-4-5-10-25(23)38-26-12-11-22(20-24(26)35)29(30,31)32/h4-5,9-12,20-21H,6-8,13-19H2,1-3H3,(H,33,36). The van der Waals surface area contributed by atoms with E-state index in [1.807, 2.05) is 45.0 Å². The number of nitrogens with one attached hydrogen (secondary N) is 1. The molecule has 0 radical (unpaired) electrons. The minimum atomic E-state index is -4.36. The summed E-state index contributed by atoms with van der Waals surface area (Å²) in [6.07, 6.45) is 0.398.